The van der Waals surface area contributed by atoms with E-state index in [1.165, 1.54) is 4.90 Å². The molecular formula is C37H64N10O12. The van der Waals surface area contributed by atoms with Gasteiger partial charge in [-0.25, -0.2) is 4.79 Å². The van der Waals surface area contributed by atoms with Gasteiger partial charge in [0, 0.05) is 19.4 Å². The van der Waals surface area contributed by atoms with Gasteiger partial charge in [0.05, 0.1) is 12.5 Å². The molecular weight excluding hydrogens is 776 g/mol. The summed E-state index contributed by atoms with van der Waals surface area (Å²) in [7, 11) is 0. The largest absolute Gasteiger partial charge is 0.481 e. The minimum absolute atomic E-state index is 0.0260. The number of hydrogen-bond donors (Lipinski definition) is 11. The lowest BCUT2D eigenvalue weighted by atomic mass is 10.00. The minimum atomic E-state index is -1.56. The fourth-order valence-electron chi connectivity index (χ4n) is 6.41. The van der Waals surface area contributed by atoms with Gasteiger partial charge in [-0.3, -0.25) is 43.2 Å². The van der Waals surface area contributed by atoms with Crippen LogP contribution in [-0.4, -0.2) is 130 Å². The Hall–Kier alpha value is -5.38. The fourth-order valence-corrected chi connectivity index (χ4v) is 6.41. The van der Waals surface area contributed by atoms with Crippen molar-refractivity contribution in [2.24, 2.45) is 34.8 Å². The van der Waals surface area contributed by atoms with E-state index in [1.54, 1.807) is 13.8 Å². The van der Waals surface area contributed by atoms with Gasteiger partial charge in [0.2, 0.25) is 47.3 Å². The number of nitrogens with two attached hydrogens (primary N) is 4. The molecule has 334 valence electrons. The van der Waals surface area contributed by atoms with E-state index in [2.05, 4.69) is 26.6 Å². The number of amides is 8. The van der Waals surface area contributed by atoms with Crippen LogP contribution < -0.4 is 49.5 Å². The number of likely N-dealkylation sites (tertiary alicyclic amines) is 1. The van der Waals surface area contributed by atoms with Gasteiger partial charge in [-0.05, 0) is 76.2 Å². The predicted molar refractivity (Wildman–Crippen MR) is 211 cm³/mol. The van der Waals surface area contributed by atoms with Crippen molar-refractivity contribution in [2.45, 2.75) is 147 Å². The monoisotopic (exact) mass is 840 g/mol. The highest BCUT2D eigenvalue weighted by Gasteiger charge is 2.40. The topological polar surface area (TPSA) is 379 Å². The molecule has 1 rings (SSSR count). The molecule has 0 aromatic rings. The lowest BCUT2D eigenvalue weighted by molar-refractivity contribution is -0.143. The van der Waals surface area contributed by atoms with Gasteiger partial charge in [0.15, 0.2) is 0 Å². The molecule has 0 saturated carbocycles. The molecule has 0 aromatic carbocycles. The molecule has 0 spiro atoms. The number of carbonyl (C=O) groups excluding carboxylic acids is 8. The molecule has 22 nitrogen and oxygen atoms in total. The van der Waals surface area contributed by atoms with Gasteiger partial charge in [-0.15, -0.1) is 0 Å². The molecule has 7 atom stereocenters. The highest BCUT2D eigenvalue weighted by Crippen LogP contribution is 2.21. The molecule has 59 heavy (non-hydrogen) atoms. The maximum Gasteiger partial charge on any atom is 0.326 e. The van der Waals surface area contributed by atoms with Crippen molar-refractivity contribution >= 4 is 59.2 Å². The Labute approximate surface area is 343 Å². The Bertz CT molecular complexity index is 1510. The first kappa shape index (κ1) is 51.6. The molecule has 8 amide bonds. The van der Waals surface area contributed by atoms with Crippen molar-refractivity contribution in [3.05, 3.63) is 0 Å². The summed E-state index contributed by atoms with van der Waals surface area (Å²) in [6.45, 7) is 7.55. The minimum Gasteiger partial charge on any atom is -0.481 e. The molecule has 1 fully saturated rings. The van der Waals surface area contributed by atoms with Crippen LogP contribution in [0.2, 0.25) is 0 Å². The quantitative estimate of drug-likeness (QED) is 0.0351. The first-order chi connectivity index (χ1) is 27.6. The van der Waals surface area contributed by atoms with Crippen molar-refractivity contribution in [1.29, 1.82) is 0 Å². The molecule has 0 unspecified atom stereocenters. The molecule has 1 aliphatic heterocycles. The lowest BCUT2D eigenvalue weighted by Gasteiger charge is -2.31. The van der Waals surface area contributed by atoms with Gasteiger partial charge in [0.25, 0.3) is 0 Å². The number of carbonyl (C=O) groups is 10. The number of carboxylic acids is 2. The van der Waals surface area contributed by atoms with E-state index in [1.807, 2.05) is 13.8 Å². The Morgan fingerprint density at radius 2 is 1.15 bits per heavy atom. The smallest absolute Gasteiger partial charge is 0.326 e. The van der Waals surface area contributed by atoms with Crippen LogP contribution in [0.4, 0.5) is 0 Å². The van der Waals surface area contributed by atoms with E-state index in [0.29, 0.717) is 19.3 Å². The third kappa shape index (κ3) is 19.3. The van der Waals surface area contributed by atoms with Crippen LogP contribution in [0.3, 0.4) is 0 Å². The molecule has 22 heteroatoms. The van der Waals surface area contributed by atoms with Crippen LogP contribution in [0.25, 0.3) is 0 Å². The van der Waals surface area contributed by atoms with E-state index in [9.17, 15) is 53.1 Å². The summed E-state index contributed by atoms with van der Waals surface area (Å²) in [5.41, 5.74) is 21.9. The summed E-state index contributed by atoms with van der Waals surface area (Å²) in [6.07, 6.45) is -0.427. The van der Waals surface area contributed by atoms with Crippen molar-refractivity contribution in [3.8, 4) is 0 Å². The summed E-state index contributed by atoms with van der Waals surface area (Å²) in [5.74, 6) is -9.37. The molecule has 0 bridgehead atoms. The second-order valence-corrected chi connectivity index (χ2v) is 15.6. The number of nitrogens with zero attached hydrogens (tertiary/aromatic N) is 1. The highest BCUT2D eigenvalue weighted by molar-refractivity contribution is 5.97. The van der Waals surface area contributed by atoms with Crippen molar-refractivity contribution in [1.82, 2.24) is 31.5 Å². The highest BCUT2D eigenvalue weighted by atomic mass is 16.4. The second-order valence-electron chi connectivity index (χ2n) is 15.6. The number of hydrogen-bond acceptors (Lipinski definition) is 12. The first-order valence-electron chi connectivity index (χ1n) is 19.9. The zero-order chi connectivity index (χ0) is 45.0. The van der Waals surface area contributed by atoms with Gasteiger partial charge in [-0.2, -0.15) is 0 Å². The maximum absolute atomic E-state index is 13.8. The van der Waals surface area contributed by atoms with Gasteiger partial charge in [0.1, 0.15) is 36.3 Å². The second kappa shape index (κ2) is 25.9. The van der Waals surface area contributed by atoms with Crippen LogP contribution in [0.1, 0.15) is 105 Å². The number of carboxylic acid groups (broad SMARTS) is 2. The van der Waals surface area contributed by atoms with Crippen molar-refractivity contribution in [2.75, 3.05) is 13.1 Å². The van der Waals surface area contributed by atoms with Crippen molar-refractivity contribution in [3.63, 3.8) is 0 Å². The summed E-state index contributed by atoms with van der Waals surface area (Å²) in [4.78, 5) is 128. The van der Waals surface area contributed by atoms with E-state index in [-0.39, 0.29) is 63.5 Å². The summed E-state index contributed by atoms with van der Waals surface area (Å²) < 4.78 is 0. The normalized spacial score (nSPS) is 16.8. The number of nitrogens with one attached hydrogen (secondary N) is 5. The van der Waals surface area contributed by atoms with Crippen LogP contribution in [0, 0.1) is 11.8 Å². The van der Waals surface area contributed by atoms with Gasteiger partial charge >= 0.3 is 11.9 Å². The third-order valence-electron chi connectivity index (χ3n) is 9.41. The van der Waals surface area contributed by atoms with Crippen LogP contribution in [-0.2, 0) is 47.9 Å². The van der Waals surface area contributed by atoms with Crippen LogP contribution >= 0.6 is 0 Å². The van der Waals surface area contributed by atoms with E-state index in [0.717, 1.165) is 0 Å². The zero-order valence-corrected chi connectivity index (χ0v) is 34.3. The van der Waals surface area contributed by atoms with Crippen LogP contribution in [0.15, 0.2) is 0 Å². The van der Waals surface area contributed by atoms with E-state index in [4.69, 9.17) is 28.0 Å². The lowest BCUT2D eigenvalue weighted by Crippen LogP contribution is -2.59. The van der Waals surface area contributed by atoms with Gasteiger partial charge < -0.3 is 64.6 Å². The summed E-state index contributed by atoms with van der Waals surface area (Å²) >= 11 is 0. The maximum atomic E-state index is 13.8. The third-order valence-corrected chi connectivity index (χ3v) is 9.41. The Morgan fingerprint density at radius 3 is 1.68 bits per heavy atom. The SMILES string of the molecule is CC(C)C[C@H](NC(=O)[C@H](CCC(N)=O)NC(=O)[C@@H]1CCCN1C(=O)[C@H](CC(C)C)NC(=O)[C@@H](N)CC(N)=O)C(=O)N[C@@H](CCCCN)C(=O)N[C@@H](CCC(=O)O)C(=O)O. The molecule has 1 saturated heterocycles. The first-order valence-corrected chi connectivity index (χ1v) is 19.9. The molecule has 0 aromatic heterocycles. The number of unbranched alkanes of at least 4 members (excludes halogenated alkanes) is 1. The van der Waals surface area contributed by atoms with Gasteiger partial charge in [-0.1, -0.05) is 27.7 Å². The standard InChI is InChI=1S/C37H64N10O12/c1-19(2)16-25(34(55)42-22(8-5-6-14-38)32(53)44-24(37(58)59)11-13-30(50)51)45-33(54)23(10-12-28(40)48)43-35(56)27-9-7-15-47(27)36(57)26(17-20(3)4)46-31(52)21(39)18-29(41)49/h19-27H,5-18,38-39H2,1-4H3,(H2,40,48)(H2,41,49)(H,42,55)(H,43,56)(H,44,53)(H,45,54)(H,46,52)(H,50,51)(H,58,59)/t21-,22-,23-,24-,25-,26-,27-/m0/s1. The molecule has 0 aliphatic carbocycles. The van der Waals surface area contributed by atoms with Crippen molar-refractivity contribution < 1.29 is 58.2 Å². The van der Waals surface area contributed by atoms with Crippen LogP contribution in [0.5, 0.6) is 0 Å². The number of aliphatic carboxylic acids is 2. The average molecular weight is 841 g/mol. The Balaban J connectivity index is 3.32. The Kier molecular flexibility index (Phi) is 22.6. The zero-order valence-electron chi connectivity index (χ0n) is 34.3. The Morgan fingerprint density at radius 1 is 0.644 bits per heavy atom. The molecule has 1 aliphatic rings. The summed E-state index contributed by atoms with van der Waals surface area (Å²) in [5, 5.41) is 31.1. The fraction of sp³-hybridized carbons (Fsp3) is 0.730. The molecule has 0 radical (unpaired) electrons. The summed E-state index contributed by atoms with van der Waals surface area (Å²) in [6, 6.07) is -9.10. The number of rotatable bonds is 28. The number of primary amides is 2. The average Bonchev–Trinajstić information content (AvgIpc) is 3.63. The predicted octanol–water partition coefficient (Wildman–Crippen LogP) is -2.96. The molecule has 1 heterocycles. The molecule has 15 N–H and O–H groups in total. The van der Waals surface area contributed by atoms with E-state index >= 15 is 0 Å². The van der Waals surface area contributed by atoms with E-state index < -0.39 is 121 Å².